The van der Waals surface area contributed by atoms with Crippen LogP contribution >= 0.6 is 0 Å². The third kappa shape index (κ3) is 4.85. The summed E-state index contributed by atoms with van der Waals surface area (Å²) in [6.45, 7) is 3.28. The van der Waals surface area contributed by atoms with E-state index in [-0.39, 0.29) is 16.6 Å². The standard InChI is InChI=1S/C25H25FN2O4S/c1-25(2)16-21(19-12-6-9-15-23(19)32-25)27-24(29)17-28(22-14-8-7-13-20(22)26)33(30,31)18-10-4-3-5-11-18/h3-15,21H,16-17H2,1-2H3,(H,27,29). The number of fused-ring (bicyclic) bond motifs is 1. The molecule has 1 heterocycles. The van der Waals surface area contributed by atoms with Crippen LogP contribution in [-0.2, 0) is 14.8 Å². The van der Waals surface area contributed by atoms with Gasteiger partial charge < -0.3 is 10.1 Å². The number of carbonyl (C=O) groups is 1. The molecule has 3 aromatic rings. The molecular weight excluding hydrogens is 443 g/mol. The zero-order chi connectivity index (χ0) is 23.6. The van der Waals surface area contributed by atoms with Gasteiger partial charge in [0.2, 0.25) is 5.91 Å². The van der Waals surface area contributed by atoms with Gasteiger partial charge in [-0.3, -0.25) is 9.10 Å². The molecule has 1 unspecified atom stereocenters. The third-order valence-electron chi connectivity index (χ3n) is 5.45. The summed E-state index contributed by atoms with van der Waals surface area (Å²) < 4.78 is 48.2. The van der Waals surface area contributed by atoms with Crippen LogP contribution in [0.25, 0.3) is 0 Å². The van der Waals surface area contributed by atoms with Crippen LogP contribution in [0.2, 0.25) is 0 Å². The number of sulfonamides is 1. The van der Waals surface area contributed by atoms with Gasteiger partial charge in [0.1, 0.15) is 23.7 Å². The fourth-order valence-electron chi connectivity index (χ4n) is 3.97. The number of benzene rings is 3. The maximum atomic E-state index is 14.6. The molecule has 0 fully saturated rings. The number of ether oxygens (including phenoxy) is 1. The summed E-state index contributed by atoms with van der Waals surface area (Å²) in [6, 6.07) is 20.2. The van der Waals surface area contributed by atoms with Crippen molar-refractivity contribution in [3.05, 3.63) is 90.2 Å². The van der Waals surface area contributed by atoms with Gasteiger partial charge in [-0.25, -0.2) is 12.8 Å². The summed E-state index contributed by atoms with van der Waals surface area (Å²) in [6.07, 6.45) is 0.501. The zero-order valence-electron chi connectivity index (χ0n) is 18.4. The van der Waals surface area contributed by atoms with E-state index in [1.807, 2.05) is 38.1 Å². The molecule has 0 radical (unpaired) electrons. The first-order valence-electron chi connectivity index (χ1n) is 10.6. The lowest BCUT2D eigenvalue weighted by atomic mass is 9.89. The van der Waals surface area contributed by atoms with Gasteiger partial charge in [-0.1, -0.05) is 48.5 Å². The quantitative estimate of drug-likeness (QED) is 0.580. The van der Waals surface area contributed by atoms with Crippen molar-refractivity contribution in [1.82, 2.24) is 5.32 Å². The zero-order valence-corrected chi connectivity index (χ0v) is 19.2. The molecule has 33 heavy (non-hydrogen) atoms. The van der Waals surface area contributed by atoms with Crippen molar-refractivity contribution in [3.63, 3.8) is 0 Å². The molecule has 8 heteroatoms. The van der Waals surface area contributed by atoms with E-state index in [4.69, 9.17) is 4.74 Å². The maximum Gasteiger partial charge on any atom is 0.264 e. The molecular formula is C25H25FN2O4S. The van der Waals surface area contributed by atoms with Crippen molar-refractivity contribution < 1.29 is 22.3 Å². The van der Waals surface area contributed by atoms with Crippen LogP contribution in [-0.4, -0.2) is 26.5 Å². The van der Waals surface area contributed by atoms with E-state index in [9.17, 15) is 17.6 Å². The number of anilines is 1. The first-order chi connectivity index (χ1) is 15.7. The molecule has 1 aliphatic heterocycles. The number of nitrogens with one attached hydrogen (secondary N) is 1. The van der Waals surface area contributed by atoms with Crippen molar-refractivity contribution in [2.75, 3.05) is 10.8 Å². The van der Waals surface area contributed by atoms with Crippen LogP contribution in [0.15, 0.2) is 83.8 Å². The van der Waals surface area contributed by atoms with Gasteiger partial charge in [-0.05, 0) is 44.2 Å². The minimum Gasteiger partial charge on any atom is -0.487 e. The first-order valence-corrected chi connectivity index (χ1v) is 12.0. The van der Waals surface area contributed by atoms with Gasteiger partial charge in [0.15, 0.2) is 0 Å². The summed E-state index contributed by atoms with van der Waals surface area (Å²) in [5, 5.41) is 2.93. The van der Waals surface area contributed by atoms with Crippen LogP contribution in [0.4, 0.5) is 10.1 Å². The SMILES string of the molecule is CC1(C)CC(NC(=O)CN(c2ccccc2F)S(=O)(=O)c2ccccc2)c2ccccc2O1. The summed E-state index contributed by atoms with van der Waals surface area (Å²) in [5.41, 5.74) is 0.103. The van der Waals surface area contributed by atoms with Gasteiger partial charge in [-0.2, -0.15) is 0 Å². The lowest BCUT2D eigenvalue weighted by molar-refractivity contribution is -0.120. The number of carbonyl (C=O) groups excluding carboxylic acids is 1. The van der Waals surface area contributed by atoms with E-state index in [0.717, 1.165) is 15.9 Å². The molecule has 1 atom stereocenters. The highest BCUT2D eigenvalue weighted by molar-refractivity contribution is 7.92. The van der Waals surface area contributed by atoms with Crippen molar-refractivity contribution in [2.24, 2.45) is 0 Å². The van der Waals surface area contributed by atoms with Gasteiger partial charge in [-0.15, -0.1) is 0 Å². The largest absolute Gasteiger partial charge is 0.487 e. The van der Waals surface area contributed by atoms with E-state index in [1.165, 1.54) is 30.3 Å². The highest BCUT2D eigenvalue weighted by atomic mass is 32.2. The second kappa shape index (κ2) is 8.86. The Kier molecular flexibility index (Phi) is 6.12. The number of hydrogen-bond donors (Lipinski definition) is 1. The third-order valence-corrected chi connectivity index (χ3v) is 7.23. The number of hydrogen-bond acceptors (Lipinski definition) is 4. The minimum atomic E-state index is -4.19. The van der Waals surface area contributed by atoms with E-state index in [1.54, 1.807) is 18.2 Å². The average Bonchev–Trinajstić information content (AvgIpc) is 2.78. The molecule has 0 aromatic heterocycles. The molecule has 3 aromatic carbocycles. The molecule has 0 bridgehead atoms. The average molecular weight is 469 g/mol. The molecule has 172 valence electrons. The Morgan fingerprint density at radius 2 is 1.67 bits per heavy atom. The smallest absolute Gasteiger partial charge is 0.264 e. The Bertz CT molecular complexity index is 1260. The van der Waals surface area contributed by atoms with Crippen LogP contribution in [0, 0.1) is 5.82 Å². The minimum absolute atomic E-state index is 0.0291. The Labute approximate surface area is 193 Å². The summed E-state index contributed by atoms with van der Waals surface area (Å²) in [5.74, 6) is -0.612. The molecule has 1 aliphatic rings. The lowest BCUT2D eigenvalue weighted by Crippen LogP contribution is -2.45. The van der Waals surface area contributed by atoms with Crippen LogP contribution in [0.3, 0.4) is 0 Å². The summed E-state index contributed by atoms with van der Waals surface area (Å²) in [4.78, 5) is 13.1. The molecule has 0 saturated carbocycles. The summed E-state index contributed by atoms with van der Waals surface area (Å²) >= 11 is 0. The fraction of sp³-hybridized carbons (Fsp3) is 0.240. The van der Waals surface area contributed by atoms with Crippen molar-refractivity contribution in [1.29, 1.82) is 0 Å². The van der Waals surface area contributed by atoms with Crippen LogP contribution < -0.4 is 14.4 Å². The molecule has 0 aliphatic carbocycles. The number of rotatable bonds is 6. The number of halogens is 1. The Morgan fingerprint density at radius 3 is 2.39 bits per heavy atom. The molecule has 6 nitrogen and oxygen atoms in total. The van der Waals surface area contributed by atoms with Gasteiger partial charge in [0, 0.05) is 12.0 Å². The first kappa shape index (κ1) is 22.8. The van der Waals surface area contributed by atoms with Crippen molar-refractivity contribution in [2.45, 2.75) is 36.8 Å². The normalized spacial score (nSPS) is 16.9. The molecule has 1 amide bonds. The second-order valence-electron chi connectivity index (χ2n) is 8.50. The Balaban J connectivity index is 1.65. The summed E-state index contributed by atoms with van der Waals surface area (Å²) in [7, 11) is -4.19. The maximum absolute atomic E-state index is 14.6. The second-order valence-corrected chi connectivity index (χ2v) is 10.4. The lowest BCUT2D eigenvalue weighted by Gasteiger charge is -2.38. The fourth-order valence-corrected chi connectivity index (χ4v) is 5.42. The molecule has 1 N–H and O–H groups in total. The number of amides is 1. The molecule has 4 rings (SSSR count). The van der Waals surface area contributed by atoms with Crippen molar-refractivity contribution >= 4 is 21.6 Å². The predicted molar refractivity (Wildman–Crippen MR) is 124 cm³/mol. The van der Waals surface area contributed by atoms with Crippen molar-refractivity contribution in [3.8, 4) is 5.75 Å². The molecule has 0 saturated heterocycles. The predicted octanol–water partition coefficient (Wildman–Crippen LogP) is 4.44. The number of para-hydroxylation sites is 2. The molecule has 0 spiro atoms. The van der Waals surface area contributed by atoms with Crippen LogP contribution in [0.1, 0.15) is 31.9 Å². The highest BCUT2D eigenvalue weighted by Crippen LogP contribution is 2.39. The van der Waals surface area contributed by atoms with Gasteiger partial charge in [0.05, 0.1) is 16.6 Å². The topological polar surface area (TPSA) is 75.7 Å². The van der Waals surface area contributed by atoms with E-state index >= 15 is 0 Å². The number of nitrogens with zero attached hydrogens (tertiary/aromatic N) is 1. The van der Waals surface area contributed by atoms with E-state index < -0.39 is 33.9 Å². The van der Waals surface area contributed by atoms with E-state index in [0.29, 0.717) is 12.2 Å². The van der Waals surface area contributed by atoms with Gasteiger partial charge >= 0.3 is 0 Å². The van der Waals surface area contributed by atoms with Crippen LogP contribution in [0.5, 0.6) is 5.75 Å². The monoisotopic (exact) mass is 468 g/mol. The Morgan fingerprint density at radius 1 is 1.03 bits per heavy atom. The highest BCUT2D eigenvalue weighted by Gasteiger charge is 2.35. The van der Waals surface area contributed by atoms with Gasteiger partial charge in [0.25, 0.3) is 10.0 Å². The van der Waals surface area contributed by atoms with E-state index in [2.05, 4.69) is 5.32 Å². The Hall–Kier alpha value is -3.39.